The van der Waals surface area contributed by atoms with Gasteiger partial charge < -0.3 is 10.2 Å². The van der Waals surface area contributed by atoms with Crippen LogP contribution in [0.25, 0.3) is 0 Å². The summed E-state index contributed by atoms with van der Waals surface area (Å²) in [5, 5.41) is 2.60. The first-order chi connectivity index (χ1) is 7.19. The number of carbonyl (C=O) groups excluding carboxylic acids is 1. The Morgan fingerprint density at radius 1 is 1.67 bits per heavy atom. The molecule has 4 nitrogen and oxygen atoms in total. The molecule has 0 bridgehead atoms. The molecule has 0 fully saturated rings. The van der Waals surface area contributed by atoms with E-state index < -0.39 is 0 Å². The number of rotatable bonds is 4. The number of aromatic nitrogens is 1. The van der Waals surface area contributed by atoms with E-state index >= 15 is 0 Å². The van der Waals surface area contributed by atoms with E-state index in [-0.39, 0.29) is 5.91 Å². The van der Waals surface area contributed by atoms with Crippen molar-refractivity contribution >= 4 is 27.7 Å². The number of hydrogen-bond donors (Lipinski definition) is 1. The van der Waals surface area contributed by atoms with Gasteiger partial charge in [0.05, 0.1) is 11.0 Å². The molecule has 0 radical (unpaired) electrons. The molecule has 0 spiro atoms. The summed E-state index contributed by atoms with van der Waals surface area (Å²) in [6, 6.07) is 3.76. The molecular weight excluding hydrogens is 258 g/mol. The molecule has 5 heteroatoms. The molecular formula is C10H14BrN3O. The van der Waals surface area contributed by atoms with E-state index in [2.05, 4.69) is 26.2 Å². The van der Waals surface area contributed by atoms with Gasteiger partial charge in [0.1, 0.15) is 5.82 Å². The van der Waals surface area contributed by atoms with Crippen molar-refractivity contribution < 1.29 is 4.79 Å². The van der Waals surface area contributed by atoms with Crippen LogP contribution in [0.3, 0.4) is 0 Å². The summed E-state index contributed by atoms with van der Waals surface area (Å²) in [5.74, 6) is 0.776. The van der Waals surface area contributed by atoms with Gasteiger partial charge in [-0.25, -0.2) is 4.98 Å². The largest absolute Gasteiger partial charge is 0.358 e. The number of hydrogen-bond acceptors (Lipinski definition) is 3. The maximum Gasteiger partial charge on any atom is 0.239 e. The second-order valence-electron chi connectivity index (χ2n) is 3.00. The molecule has 1 heterocycles. The summed E-state index contributed by atoms with van der Waals surface area (Å²) in [6.45, 7) is 3.05. The van der Waals surface area contributed by atoms with Crippen LogP contribution in [0.1, 0.15) is 6.92 Å². The Hall–Kier alpha value is -1.10. The van der Waals surface area contributed by atoms with Crippen LogP contribution >= 0.6 is 15.9 Å². The molecule has 1 rings (SSSR count). The first kappa shape index (κ1) is 12.0. The third-order valence-electron chi connectivity index (χ3n) is 2.03. The Morgan fingerprint density at radius 3 is 2.93 bits per heavy atom. The van der Waals surface area contributed by atoms with E-state index in [0.717, 1.165) is 16.8 Å². The topological polar surface area (TPSA) is 45.2 Å². The summed E-state index contributed by atoms with van der Waals surface area (Å²) >= 11 is 3.41. The number of amides is 1. The van der Waals surface area contributed by atoms with Crippen LogP contribution in [0.15, 0.2) is 22.8 Å². The normalized spacial score (nSPS) is 9.80. The molecule has 0 aliphatic heterocycles. The maximum atomic E-state index is 11.3. The Kier molecular flexibility index (Phi) is 4.55. The zero-order valence-electron chi connectivity index (χ0n) is 8.83. The van der Waals surface area contributed by atoms with Crippen LogP contribution in [0.2, 0.25) is 0 Å². The average molecular weight is 272 g/mol. The van der Waals surface area contributed by atoms with Crippen molar-refractivity contribution in [2.75, 3.05) is 25.0 Å². The highest BCUT2D eigenvalue weighted by molar-refractivity contribution is 9.10. The Labute approximate surface area is 97.8 Å². The smallest absolute Gasteiger partial charge is 0.239 e. The fraction of sp³-hybridized carbons (Fsp3) is 0.400. The van der Waals surface area contributed by atoms with Gasteiger partial charge in [-0.3, -0.25) is 4.79 Å². The van der Waals surface area contributed by atoms with Crippen LogP contribution < -0.4 is 10.2 Å². The summed E-state index contributed by atoms with van der Waals surface area (Å²) in [6.07, 6.45) is 1.71. The Bertz CT molecular complexity index is 343. The van der Waals surface area contributed by atoms with Crippen molar-refractivity contribution in [1.29, 1.82) is 0 Å². The van der Waals surface area contributed by atoms with Crippen LogP contribution in [0, 0.1) is 0 Å². The van der Waals surface area contributed by atoms with Gasteiger partial charge in [-0.05, 0) is 35.0 Å². The molecule has 0 aliphatic rings. The number of halogens is 1. The second-order valence-corrected chi connectivity index (χ2v) is 3.85. The van der Waals surface area contributed by atoms with E-state index in [0.29, 0.717) is 6.54 Å². The Balaban J connectivity index is 2.83. The van der Waals surface area contributed by atoms with Gasteiger partial charge in [0.15, 0.2) is 0 Å². The van der Waals surface area contributed by atoms with Crippen LogP contribution in [-0.2, 0) is 4.79 Å². The summed E-state index contributed by atoms with van der Waals surface area (Å²) < 4.78 is 0.899. The molecule has 0 saturated carbocycles. The minimum absolute atomic E-state index is 0.0191. The van der Waals surface area contributed by atoms with Crippen molar-refractivity contribution in [2.45, 2.75) is 6.92 Å². The van der Waals surface area contributed by atoms with Gasteiger partial charge in [0.2, 0.25) is 5.91 Å². The van der Waals surface area contributed by atoms with Crippen molar-refractivity contribution in [2.24, 2.45) is 0 Å². The first-order valence-corrected chi connectivity index (χ1v) is 5.54. The molecule has 0 unspecified atom stereocenters. The van der Waals surface area contributed by atoms with Crippen LogP contribution in [0.5, 0.6) is 0 Å². The van der Waals surface area contributed by atoms with Gasteiger partial charge >= 0.3 is 0 Å². The van der Waals surface area contributed by atoms with Crippen molar-refractivity contribution in [3.63, 3.8) is 0 Å². The quantitative estimate of drug-likeness (QED) is 0.901. The number of anilines is 1. The van der Waals surface area contributed by atoms with E-state index in [1.807, 2.05) is 24.0 Å². The zero-order chi connectivity index (χ0) is 11.3. The van der Waals surface area contributed by atoms with E-state index in [9.17, 15) is 4.79 Å². The highest BCUT2D eigenvalue weighted by Gasteiger charge is 2.12. The lowest BCUT2D eigenvalue weighted by Gasteiger charge is -2.21. The molecule has 1 aromatic heterocycles. The van der Waals surface area contributed by atoms with E-state index in [1.54, 1.807) is 13.2 Å². The van der Waals surface area contributed by atoms with E-state index in [4.69, 9.17) is 0 Å². The molecule has 15 heavy (non-hydrogen) atoms. The highest BCUT2D eigenvalue weighted by atomic mass is 79.9. The van der Waals surface area contributed by atoms with Gasteiger partial charge in [-0.2, -0.15) is 0 Å². The molecule has 82 valence electrons. The third kappa shape index (κ3) is 3.20. The van der Waals surface area contributed by atoms with Crippen LogP contribution in [0.4, 0.5) is 5.82 Å². The maximum absolute atomic E-state index is 11.3. The first-order valence-electron chi connectivity index (χ1n) is 4.75. The molecule has 1 aromatic rings. The van der Waals surface area contributed by atoms with Gasteiger partial charge in [-0.1, -0.05) is 0 Å². The highest BCUT2D eigenvalue weighted by Crippen LogP contribution is 2.22. The lowest BCUT2D eigenvalue weighted by atomic mass is 10.4. The fourth-order valence-corrected chi connectivity index (χ4v) is 1.70. The predicted octanol–water partition coefficient (Wildman–Crippen LogP) is 1.42. The number of pyridine rings is 1. The number of nitrogens with zero attached hydrogens (tertiary/aromatic N) is 2. The molecule has 1 N–H and O–H groups in total. The molecule has 1 amide bonds. The number of likely N-dealkylation sites (N-methyl/N-ethyl adjacent to an activating group) is 2. The summed E-state index contributed by atoms with van der Waals surface area (Å²) in [7, 11) is 1.63. The standard InChI is InChI=1S/C10H14BrN3O/c1-3-14(7-9(15)12-2)10-8(11)5-4-6-13-10/h4-6H,3,7H2,1-2H3,(H,12,15). The molecule has 0 aliphatic carbocycles. The molecule has 0 saturated heterocycles. The monoisotopic (exact) mass is 271 g/mol. The van der Waals surface area contributed by atoms with Crippen LogP contribution in [-0.4, -0.2) is 31.0 Å². The van der Waals surface area contributed by atoms with Gasteiger partial charge in [0.25, 0.3) is 0 Å². The SMILES string of the molecule is CCN(CC(=O)NC)c1ncccc1Br. The lowest BCUT2D eigenvalue weighted by molar-refractivity contribution is -0.119. The van der Waals surface area contributed by atoms with Crippen molar-refractivity contribution in [1.82, 2.24) is 10.3 Å². The number of nitrogens with one attached hydrogen (secondary N) is 1. The second kappa shape index (κ2) is 5.70. The van der Waals surface area contributed by atoms with Crippen molar-refractivity contribution in [3.05, 3.63) is 22.8 Å². The zero-order valence-corrected chi connectivity index (χ0v) is 10.4. The lowest BCUT2D eigenvalue weighted by Crippen LogP contribution is -2.36. The Morgan fingerprint density at radius 2 is 2.40 bits per heavy atom. The third-order valence-corrected chi connectivity index (χ3v) is 2.65. The summed E-state index contributed by atoms with van der Waals surface area (Å²) in [4.78, 5) is 17.4. The average Bonchev–Trinajstić information content (AvgIpc) is 2.26. The minimum Gasteiger partial charge on any atom is -0.358 e. The molecule has 0 atom stereocenters. The van der Waals surface area contributed by atoms with Gasteiger partial charge in [0, 0.05) is 19.8 Å². The number of carbonyl (C=O) groups is 1. The predicted molar refractivity (Wildman–Crippen MR) is 63.9 cm³/mol. The fourth-order valence-electron chi connectivity index (χ4n) is 1.20. The van der Waals surface area contributed by atoms with Gasteiger partial charge in [-0.15, -0.1) is 0 Å². The summed E-state index contributed by atoms with van der Waals surface area (Å²) in [5.41, 5.74) is 0. The van der Waals surface area contributed by atoms with Crippen molar-refractivity contribution in [3.8, 4) is 0 Å². The van der Waals surface area contributed by atoms with E-state index in [1.165, 1.54) is 0 Å². The minimum atomic E-state index is -0.0191. The molecule has 0 aromatic carbocycles.